The Labute approximate surface area is 232 Å². The molecule has 10 nitrogen and oxygen atoms in total. The second-order valence-corrected chi connectivity index (χ2v) is 12.7. The average molecular weight is 557 g/mol. The molecule has 4 aliphatic rings. The number of carbonyl (C=O) groups is 2. The first-order chi connectivity index (χ1) is 18.6. The van der Waals surface area contributed by atoms with E-state index in [0.29, 0.717) is 0 Å². The quantitative estimate of drug-likeness (QED) is 0.328. The molecule has 1 aliphatic heterocycles. The molecule has 0 unspecified atom stereocenters. The van der Waals surface area contributed by atoms with E-state index in [2.05, 4.69) is 18.7 Å². The van der Waals surface area contributed by atoms with E-state index in [1.54, 1.807) is 14.1 Å². The number of halogens is 1. The minimum atomic E-state index is -2.50. The number of nitrogens with one attached hydrogen (secondary N) is 1. The van der Waals surface area contributed by atoms with Gasteiger partial charge in [-0.15, -0.1) is 0 Å². The highest BCUT2D eigenvalue weighted by molar-refractivity contribution is 6.26. The van der Waals surface area contributed by atoms with E-state index >= 15 is 4.39 Å². The molecule has 40 heavy (non-hydrogen) atoms. The van der Waals surface area contributed by atoms with E-state index in [1.807, 2.05) is 0 Å². The molecule has 0 aromatic heterocycles. The number of nitrogens with two attached hydrogens (primary N) is 1. The van der Waals surface area contributed by atoms with Crippen molar-refractivity contribution in [3.63, 3.8) is 0 Å². The van der Waals surface area contributed by atoms with Crippen LogP contribution in [0.5, 0.6) is 5.75 Å². The number of allylic oxidation sites excluding steroid dienone is 1. The van der Waals surface area contributed by atoms with Crippen molar-refractivity contribution in [1.29, 1.82) is 5.41 Å². The van der Waals surface area contributed by atoms with Crippen molar-refractivity contribution in [3.05, 3.63) is 51.2 Å². The number of carbonyl (C=O) groups excluding carboxylic acids is 2. The Morgan fingerprint density at radius 2 is 1.85 bits per heavy atom. The number of likely N-dealkylation sites (tertiary alicyclic amines) is 1. The van der Waals surface area contributed by atoms with E-state index in [-0.39, 0.29) is 47.1 Å². The summed E-state index contributed by atoms with van der Waals surface area (Å²) in [5.74, 6) is -6.15. The summed E-state index contributed by atoms with van der Waals surface area (Å²) in [6.45, 7) is 6.26. The van der Waals surface area contributed by atoms with Crippen molar-refractivity contribution in [3.8, 4) is 5.75 Å². The molecule has 1 fully saturated rings. The molecule has 11 heteroatoms. The van der Waals surface area contributed by atoms with Gasteiger partial charge in [0.1, 0.15) is 28.7 Å². The monoisotopic (exact) mass is 556 g/mol. The summed E-state index contributed by atoms with van der Waals surface area (Å²) in [5.41, 5.74) is 1.52. The van der Waals surface area contributed by atoms with Gasteiger partial charge in [0, 0.05) is 29.2 Å². The minimum absolute atomic E-state index is 0.00591. The zero-order chi connectivity index (χ0) is 29.5. The van der Waals surface area contributed by atoms with Crippen LogP contribution < -0.4 is 5.73 Å². The predicted octanol–water partition coefficient (Wildman–Crippen LogP) is 2.33. The van der Waals surface area contributed by atoms with Gasteiger partial charge in [-0.25, -0.2) is 4.39 Å². The fraction of sp³-hybridized carbons (Fsp3) is 0.552. The fourth-order valence-corrected chi connectivity index (χ4v) is 7.08. The number of hydrogen-bond acceptors (Lipinski definition) is 9. The smallest absolute Gasteiger partial charge is 0.254 e. The lowest BCUT2D eigenvalue weighted by Gasteiger charge is -2.51. The highest BCUT2D eigenvalue weighted by atomic mass is 19.1. The molecule has 4 atom stereocenters. The molecule has 1 saturated heterocycles. The summed E-state index contributed by atoms with van der Waals surface area (Å²) in [6.07, 6.45) is 1.89. The van der Waals surface area contributed by atoms with Gasteiger partial charge in [0.25, 0.3) is 5.91 Å². The number of fused-ring (bicyclic) bond motifs is 3. The number of rotatable bonds is 4. The Morgan fingerprint density at radius 1 is 1.23 bits per heavy atom. The van der Waals surface area contributed by atoms with Crippen LogP contribution in [0, 0.1) is 28.5 Å². The number of Topliss-reactive ketones (excluding diaryl/α,β-unsaturated/α-hetero) is 1. The van der Waals surface area contributed by atoms with Crippen LogP contribution in [-0.2, 0) is 17.8 Å². The Hall–Kier alpha value is -3.28. The third-order valence-corrected chi connectivity index (χ3v) is 9.39. The van der Waals surface area contributed by atoms with Crippen molar-refractivity contribution < 1.29 is 34.4 Å². The number of aromatic hydroxyl groups is 1. The van der Waals surface area contributed by atoms with E-state index in [9.17, 15) is 30.0 Å². The van der Waals surface area contributed by atoms with Crippen LogP contribution in [-0.4, -0.2) is 86.5 Å². The lowest BCUT2D eigenvalue weighted by Crippen LogP contribution is -2.63. The first-order valence-electron chi connectivity index (χ1n) is 13.5. The standard InChI is InChI=1S/C29H37FN4O6/c1-28(2)5-7-34(8-6-28)12-14-11-17(35)19-15(21(14)30)9-13-10-16-22(33(3)4)24(37)20(27(32)39)25(31)29(16,40)26(38)18(13)23(19)36/h11,13,16,22,31,35,37-38,40H,5-10,12H2,1-4H3,(H2,32,39)/t13-,16-,22-,29+/m0/s1. The number of aliphatic hydroxyl groups is 3. The third kappa shape index (κ3) is 4.05. The van der Waals surface area contributed by atoms with Crippen molar-refractivity contribution in [2.24, 2.45) is 23.0 Å². The van der Waals surface area contributed by atoms with Gasteiger partial charge < -0.3 is 31.6 Å². The summed E-state index contributed by atoms with van der Waals surface area (Å²) in [4.78, 5) is 29.5. The van der Waals surface area contributed by atoms with Crippen molar-refractivity contribution >= 4 is 17.4 Å². The van der Waals surface area contributed by atoms with Gasteiger partial charge >= 0.3 is 0 Å². The first kappa shape index (κ1) is 28.3. The molecular weight excluding hydrogens is 519 g/mol. The third-order valence-electron chi connectivity index (χ3n) is 9.39. The van der Waals surface area contributed by atoms with Gasteiger partial charge in [0.2, 0.25) is 0 Å². The summed E-state index contributed by atoms with van der Waals surface area (Å²) < 4.78 is 16.0. The highest BCUT2D eigenvalue weighted by Gasteiger charge is 2.61. The summed E-state index contributed by atoms with van der Waals surface area (Å²) >= 11 is 0. The fourth-order valence-electron chi connectivity index (χ4n) is 7.08. The van der Waals surface area contributed by atoms with Crippen molar-refractivity contribution in [2.75, 3.05) is 27.2 Å². The first-order valence-corrected chi connectivity index (χ1v) is 13.5. The SMILES string of the molecule is CN(C)[C@@H]1C(O)=C(C(N)=O)C(=N)[C@@]2(O)C(O)=C3C(=O)c4c(O)cc(CN5CCC(C)(C)CC5)c(F)c4C[C@H]3C[C@@H]12. The van der Waals surface area contributed by atoms with Crippen molar-refractivity contribution in [2.45, 2.75) is 57.7 Å². The number of nitrogens with zero attached hydrogens (tertiary/aromatic N) is 2. The Morgan fingerprint density at radius 3 is 2.42 bits per heavy atom. The number of phenols is 1. The zero-order valence-corrected chi connectivity index (χ0v) is 23.2. The van der Waals surface area contributed by atoms with Gasteiger partial charge in [-0.05, 0) is 70.3 Å². The summed E-state index contributed by atoms with van der Waals surface area (Å²) in [7, 11) is 3.19. The molecule has 1 aromatic carbocycles. The Bertz CT molecular complexity index is 1390. The van der Waals surface area contributed by atoms with Gasteiger partial charge in [-0.3, -0.25) is 19.4 Å². The van der Waals surface area contributed by atoms with Gasteiger partial charge in [0.05, 0.1) is 17.3 Å². The lowest BCUT2D eigenvalue weighted by molar-refractivity contribution is -0.114. The molecule has 0 saturated carbocycles. The van der Waals surface area contributed by atoms with Gasteiger partial charge in [-0.2, -0.15) is 0 Å². The second-order valence-electron chi connectivity index (χ2n) is 12.7. The topological polar surface area (TPSA) is 171 Å². The Balaban J connectivity index is 1.58. The van der Waals surface area contributed by atoms with E-state index in [1.165, 1.54) is 11.0 Å². The largest absolute Gasteiger partial charge is 0.510 e. The maximum atomic E-state index is 16.0. The molecule has 0 spiro atoms. The number of phenolic OH excluding ortho intramolecular Hbond substituents is 1. The zero-order valence-electron chi connectivity index (χ0n) is 23.2. The van der Waals surface area contributed by atoms with Gasteiger partial charge in [-0.1, -0.05) is 13.8 Å². The van der Waals surface area contributed by atoms with Crippen LogP contribution in [0.3, 0.4) is 0 Å². The van der Waals surface area contributed by atoms with Crippen LogP contribution in [0.15, 0.2) is 28.7 Å². The van der Waals surface area contributed by atoms with Gasteiger partial charge in [0.15, 0.2) is 11.4 Å². The maximum absolute atomic E-state index is 16.0. The second kappa shape index (κ2) is 9.39. The molecule has 1 aromatic rings. The lowest BCUT2D eigenvalue weighted by atomic mass is 9.58. The molecule has 3 aliphatic carbocycles. The number of amides is 1. The molecule has 1 heterocycles. The van der Waals surface area contributed by atoms with Crippen LogP contribution >= 0.6 is 0 Å². The molecule has 0 bridgehead atoms. The number of likely N-dealkylation sites (N-methyl/N-ethyl adjacent to an activating group) is 1. The van der Waals surface area contributed by atoms with E-state index in [4.69, 9.17) is 11.1 Å². The summed E-state index contributed by atoms with van der Waals surface area (Å²) in [6, 6.07) is 0.232. The number of primary amides is 1. The van der Waals surface area contributed by atoms with Crippen LogP contribution in [0.1, 0.15) is 54.6 Å². The van der Waals surface area contributed by atoms with Crippen molar-refractivity contribution in [1.82, 2.24) is 9.80 Å². The molecule has 216 valence electrons. The molecule has 0 radical (unpaired) electrons. The minimum Gasteiger partial charge on any atom is -0.510 e. The van der Waals surface area contributed by atoms with E-state index in [0.717, 1.165) is 25.9 Å². The normalized spacial score (nSPS) is 30.3. The number of piperidine rings is 1. The van der Waals surface area contributed by atoms with Crippen LogP contribution in [0.25, 0.3) is 0 Å². The number of ketones is 1. The molecule has 7 N–H and O–H groups in total. The maximum Gasteiger partial charge on any atom is 0.254 e. The number of aliphatic hydroxyl groups excluding tert-OH is 2. The highest BCUT2D eigenvalue weighted by Crippen LogP contribution is 2.52. The summed E-state index contributed by atoms with van der Waals surface area (Å²) in [5, 5.41) is 53.5. The molecule has 5 rings (SSSR count). The molecular formula is C29H37FN4O6. The van der Waals surface area contributed by atoms with Crippen LogP contribution in [0.2, 0.25) is 0 Å². The molecule has 1 amide bonds. The Kier molecular flexibility index (Phi) is 6.63. The number of benzene rings is 1. The average Bonchev–Trinajstić information content (AvgIpc) is 2.85. The van der Waals surface area contributed by atoms with E-state index < -0.39 is 69.5 Å². The predicted molar refractivity (Wildman–Crippen MR) is 145 cm³/mol. The number of hydrogen-bond donors (Lipinski definition) is 6. The van der Waals surface area contributed by atoms with Crippen LogP contribution in [0.4, 0.5) is 4.39 Å².